The molecule has 0 amide bonds. The van der Waals surface area contributed by atoms with Crippen LogP contribution in [0.4, 0.5) is 0 Å². The maximum absolute atomic E-state index is 10.7. The minimum absolute atomic E-state index is 0.215. The fraction of sp³-hybridized carbons (Fsp3) is 0.417. The van der Waals surface area contributed by atoms with Crippen LogP contribution in [0.5, 0.6) is 0 Å². The second kappa shape index (κ2) is 5.09. The molecule has 4 N–H and O–H groups in total. The van der Waals surface area contributed by atoms with E-state index in [4.69, 9.17) is 10.8 Å². The molecule has 1 aromatic rings. The van der Waals surface area contributed by atoms with E-state index in [1.807, 2.05) is 26.0 Å². The van der Waals surface area contributed by atoms with Crippen LogP contribution in [-0.4, -0.2) is 22.2 Å². The van der Waals surface area contributed by atoms with Gasteiger partial charge in [0.15, 0.2) is 0 Å². The van der Waals surface area contributed by atoms with Crippen molar-refractivity contribution in [3.63, 3.8) is 0 Å². The van der Waals surface area contributed by atoms with Crippen molar-refractivity contribution in [2.24, 2.45) is 5.73 Å². The summed E-state index contributed by atoms with van der Waals surface area (Å²) in [6.07, 6.45) is -1.17. The Labute approximate surface area is 94.7 Å². The average molecular weight is 223 g/mol. The number of carboxylic acids is 1. The van der Waals surface area contributed by atoms with E-state index in [2.05, 4.69) is 0 Å². The number of hydrogen-bond donors (Lipinski definition) is 3. The van der Waals surface area contributed by atoms with E-state index < -0.39 is 18.1 Å². The summed E-state index contributed by atoms with van der Waals surface area (Å²) in [6.45, 7) is 3.97. The third kappa shape index (κ3) is 2.59. The van der Waals surface area contributed by atoms with Crippen molar-refractivity contribution in [2.75, 3.05) is 0 Å². The molecule has 0 aliphatic carbocycles. The molecule has 0 aliphatic heterocycles. The smallest absolute Gasteiger partial charge is 0.323 e. The summed E-state index contributed by atoms with van der Waals surface area (Å²) in [4.78, 5) is 10.7. The fourth-order valence-electron chi connectivity index (χ4n) is 1.63. The summed E-state index contributed by atoms with van der Waals surface area (Å²) in [7, 11) is 0. The van der Waals surface area contributed by atoms with E-state index in [1.54, 1.807) is 12.1 Å². The van der Waals surface area contributed by atoms with Crippen molar-refractivity contribution >= 4 is 5.97 Å². The van der Waals surface area contributed by atoms with E-state index in [0.717, 1.165) is 5.56 Å². The van der Waals surface area contributed by atoms with Crippen LogP contribution in [0.1, 0.15) is 37.0 Å². The number of carbonyl (C=O) groups is 1. The molecule has 0 saturated carbocycles. The molecule has 0 bridgehead atoms. The third-order valence-corrected chi connectivity index (χ3v) is 2.56. The molecule has 0 aliphatic rings. The summed E-state index contributed by atoms with van der Waals surface area (Å²) in [5, 5.41) is 18.6. The molecule has 16 heavy (non-hydrogen) atoms. The van der Waals surface area contributed by atoms with Crippen molar-refractivity contribution in [1.82, 2.24) is 0 Å². The zero-order valence-electron chi connectivity index (χ0n) is 9.42. The minimum atomic E-state index is -1.29. The van der Waals surface area contributed by atoms with Gasteiger partial charge in [0.1, 0.15) is 12.1 Å². The second-order valence-electron chi connectivity index (χ2n) is 4.09. The number of benzene rings is 1. The highest BCUT2D eigenvalue weighted by Crippen LogP contribution is 2.26. The van der Waals surface area contributed by atoms with Gasteiger partial charge < -0.3 is 15.9 Å². The third-order valence-electron chi connectivity index (χ3n) is 2.56. The molecule has 2 unspecified atom stereocenters. The molecule has 0 saturated heterocycles. The molecule has 0 radical (unpaired) electrons. The molecule has 1 aromatic carbocycles. The van der Waals surface area contributed by atoms with Gasteiger partial charge in [0, 0.05) is 0 Å². The molecule has 4 nitrogen and oxygen atoms in total. The van der Waals surface area contributed by atoms with Crippen LogP contribution in [-0.2, 0) is 4.79 Å². The molecule has 1 rings (SSSR count). The van der Waals surface area contributed by atoms with Crippen molar-refractivity contribution in [1.29, 1.82) is 0 Å². The van der Waals surface area contributed by atoms with Crippen LogP contribution in [0.2, 0.25) is 0 Å². The Kier molecular flexibility index (Phi) is 4.04. The molecule has 4 heteroatoms. The lowest BCUT2D eigenvalue weighted by Gasteiger charge is -2.20. The van der Waals surface area contributed by atoms with Crippen LogP contribution in [0.15, 0.2) is 24.3 Å². The monoisotopic (exact) mass is 223 g/mol. The summed E-state index contributed by atoms with van der Waals surface area (Å²) in [5.41, 5.74) is 6.92. The van der Waals surface area contributed by atoms with Gasteiger partial charge in [-0.25, -0.2) is 0 Å². The number of aliphatic hydroxyl groups excluding tert-OH is 1. The van der Waals surface area contributed by atoms with Gasteiger partial charge in [-0.3, -0.25) is 4.79 Å². The highest BCUT2D eigenvalue weighted by Gasteiger charge is 2.25. The van der Waals surface area contributed by atoms with Gasteiger partial charge in [-0.15, -0.1) is 0 Å². The van der Waals surface area contributed by atoms with Crippen LogP contribution in [0.25, 0.3) is 0 Å². The number of nitrogens with two attached hydrogens (primary N) is 1. The van der Waals surface area contributed by atoms with E-state index in [-0.39, 0.29) is 5.92 Å². The first kappa shape index (κ1) is 12.7. The molecule has 0 heterocycles. The lowest BCUT2D eigenvalue weighted by Crippen LogP contribution is -2.36. The molecule has 88 valence electrons. The Bertz CT molecular complexity index is 376. The van der Waals surface area contributed by atoms with Gasteiger partial charge in [0.05, 0.1) is 0 Å². The summed E-state index contributed by atoms with van der Waals surface area (Å²) in [6, 6.07) is 5.91. The maximum Gasteiger partial charge on any atom is 0.323 e. The Hall–Kier alpha value is -1.39. The largest absolute Gasteiger partial charge is 0.480 e. The van der Waals surface area contributed by atoms with Crippen molar-refractivity contribution < 1.29 is 15.0 Å². The fourth-order valence-corrected chi connectivity index (χ4v) is 1.63. The Morgan fingerprint density at radius 2 is 1.75 bits per heavy atom. The predicted molar refractivity (Wildman–Crippen MR) is 61.1 cm³/mol. The SMILES string of the molecule is CC(C)c1ccccc1C(O)C(N)C(=O)O. The highest BCUT2D eigenvalue weighted by molar-refractivity contribution is 5.74. The van der Waals surface area contributed by atoms with Gasteiger partial charge in [-0.05, 0) is 17.0 Å². The van der Waals surface area contributed by atoms with E-state index in [1.165, 1.54) is 0 Å². The number of aliphatic carboxylic acids is 1. The van der Waals surface area contributed by atoms with Crippen molar-refractivity contribution in [3.05, 3.63) is 35.4 Å². The van der Waals surface area contributed by atoms with Crippen molar-refractivity contribution in [3.8, 4) is 0 Å². The Morgan fingerprint density at radius 3 is 2.19 bits per heavy atom. The molecule has 0 fully saturated rings. The van der Waals surface area contributed by atoms with E-state index >= 15 is 0 Å². The molecule has 2 atom stereocenters. The Balaban J connectivity index is 3.07. The maximum atomic E-state index is 10.7. The van der Waals surface area contributed by atoms with Gasteiger partial charge in [0.25, 0.3) is 0 Å². The summed E-state index contributed by atoms with van der Waals surface area (Å²) in [5.74, 6) is -0.988. The van der Waals surface area contributed by atoms with Gasteiger partial charge in [-0.2, -0.15) is 0 Å². The van der Waals surface area contributed by atoms with Crippen LogP contribution >= 0.6 is 0 Å². The minimum Gasteiger partial charge on any atom is -0.480 e. The summed E-state index contributed by atoms with van der Waals surface area (Å²) >= 11 is 0. The normalized spacial score (nSPS) is 14.8. The van der Waals surface area contributed by atoms with Gasteiger partial charge >= 0.3 is 5.97 Å². The lowest BCUT2D eigenvalue weighted by molar-refractivity contribution is -0.141. The van der Waals surface area contributed by atoms with Crippen LogP contribution in [0.3, 0.4) is 0 Å². The molecular weight excluding hydrogens is 206 g/mol. The molecule has 0 spiro atoms. The zero-order chi connectivity index (χ0) is 12.3. The van der Waals surface area contributed by atoms with Crippen LogP contribution < -0.4 is 5.73 Å². The predicted octanol–water partition coefficient (Wildman–Crippen LogP) is 1.26. The number of carboxylic acid groups (broad SMARTS) is 1. The Morgan fingerprint density at radius 1 is 1.25 bits per heavy atom. The summed E-state index contributed by atoms with van der Waals surface area (Å²) < 4.78 is 0. The zero-order valence-corrected chi connectivity index (χ0v) is 9.42. The first-order chi connectivity index (χ1) is 7.45. The number of aliphatic hydroxyl groups is 1. The van der Waals surface area contributed by atoms with Gasteiger partial charge in [0.2, 0.25) is 0 Å². The molecule has 0 aromatic heterocycles. The number of rotatable bonds is 4. The second-order valence-corrected chi connectivity index (χ2v) is 4.09. The van der Waals surface area contributed by atoms with E-state index in [0.29, 0.717) is 5.56 Å². The quantitative estimate of drug-likeness (QED) is 0.717. The number of hydrogen-bond acceptors (Lipinski definition) is 3. The topological polar surface area (TPSA) is 83.5 Å². The molecular formula is C12H17NO3. The highest BCUT2D eigenvalue weighted by atomic mass is 16.4. The first-order valence-corrected chi connectivity index (χ1v) is 5.20. The van der Waals surface area contributed by atoms with E-state index in [9.17, 15) is 9.90 Å². The average Bonchev–Trinajstić information content (AvgIpc) is 2.26. The van der Waals surface area contributed by atoms with Crippen LogP contribution in [0, 0.1) is 0 Å². The lowest BCUT2D eigenvalue weighted by atomic mass is 9.91. The standard InChI is InChI=1S/C12H17NO3/c1-7(2)8-5-3-4-6-9(8)11(14)10(13)12(15)16/h3-7,10-11,14H,13H2,1-2H3,(H,15,16). The van der Waals surface area contributed by atoms with Crippen molar-refractivity contribution in [2.45, 2.75) is 31.9 Å². The first-order valence-electron chi connectivity index (χ1n) is 5.20. The van der Waals surface area contributed by atoms with Gasteiger partial charge in [-0.1, -0.05) is 38.1 Å².